The minimum atomic E-state index is -0.497. The van der Waals surface area contributed by atoms with E-state index in [1.807, 2.05) is 24.4 Å². The van der Waals surface area contributed by atoms with Crippen LogP contribution in [0.5, 0.6) is 0 Å². The first kappa shape index (κ1) is 16.7. The summed E-state index contributed by atoms with van der Waals surface area (Å²) >= 11 is 0. The molecule has 4 N–H and O–H groups in total. The van der Waals surface area contributed by atoms with Crippen LogP contribution >= 0.6 is 0 Å². The molecule has 2 heterocycles. The van der Waals surface area contributed by atoms with Gasteiger partial charge in [-0.2, -0.15) is 5.10 Å². The molecule has 0 bridgehead atoms. The van der Waals surface area contributed by atoms with E-state index in [0.29, 0.717) is 25.1 Å². The highest BCUT2D eigenvalue weighted by molar-refractivity contribution is 5.94. The van der Waals surface area contributed by atoms with Crippen LogP contribution in [0.25, 0.3) is 0 Å². The van der Waals surface area contributed by atoms with Gasteiger partial charge >= 0.3 is 0 Å². The number of carbonyl (C=O) groups excluding carboxylic acids is 2. The van der Waals surface area contributed by atoms with E-state index in [4.69, 9.17) is 11.1 Å². The van der Waals surface area contributed by atoms with Gasteiger partial charge in [0.1, 0.15) is 11.9 Å². The second-order valence-corrected chi connectivity index (χ2v) is 6.02. The van der Waals surface area contributed by atoms with E-state index >= 15 is 0 Å². The third-order valence-electron chi connectivity index (χ3n) is 4.39. The van der Waals surface area contributed by atoms with Gasteiger partial charge in [0, 0.05) is 37.5 Å². The van der Waals surface area contributed by atoms with Gasteiger partial charge in [0.15, 0.2) is 0 Å². The molecule has 130 valence electrons. The molecule has 1 fully saturated rings. The number of likely N-dealkylation sites (tertiary alicyclic amines) is 1. The average molecular weight is 340 g/mol. The SMILES string of the molecule is N=C(N)c1ccc(CNC(=O)C2CC(n3cccn3)CN2C=O)cc1. The molecule has 8 nitrogen and oxygen atoms in total. The van der Waals surface area contributed by atoms with Gasteiger partial charge in [0.05, 0.1) is 6.04 Å². The van der Waals surface area contributed by atoms with Crippen molar-refractivity contribution in [2.45, 2.75) is 25.0 Å². The van der Waals surface area contributed by atoms with Gasteiger partial charge in [-0.05, 0) is 11.6 Å². The van der Waals surface area contributed by atoms with Crippen LogP contribution in [0, 0.1) is 5.41 Å². The second-order valence-electron chi connectivity index (χ2n) is 6.02. The lowest BCUT2D eigenvalue weighted by atomic mass is 10.1. The molecular formula is C17H20N6O2. The number of hydrogen-bond donors (Lipinski definition) is 3. The number of aromatic nitrogens is 2. The van der Waals surface area contributed by atoms with Gasteiger partial charge in [-0.25, -0.2) is 0 Å². The van der Waals surface area contributed by atoms with Gasteiger partial charge in [-0.1, -0.05) is 24.3 Å². The van der Waals surface area contributed by atoms with Crippen molar-refractivity contribution in [3.63, 3.8) is 0 Å². The molecule has 0 spiro atoms. The number of amidine groups is 1. The van der Waals surface area contributed by atoms with Crippen LogP contribution in [-0.2, 0) is 16.1 Å². The molecule has 1 saturated heterocycles. The zero-order valence-electron chi connectivity index (χ0n) is 13.6. The molecule has 0 saturated carbocycles. The summed E-state index contributed by atoms with van der Waals surface area (Å²) in [4.78, 5) is 25.3. The molecule has 2 atom stereocenters. The Morgan fingerprint density at radius 3 is 2.76 bits per heavy atom. The highest BCUT2D eigenvalue weighted by atomic mass is 16.2. The quantitative estimate of drug-likeness (QED) is 0.397. The number of nitrogens with two attached hydrogens (primary N) is 1. The fraction of sp³-hybridized carbons (Fsp3) is 0.294. The Hall–Kier alpha value is -3.16. The summed E-state index contributed by atoms with van der Waals surface area (Å²) < 4.78 is 1.78. The predicted octanol–water partition coefficient (Wildman–Crippen LogP) is 0.255. The fourth-order valence-corrected chi connectivity index (χ4v) is 3.01. The number of hydrogen-bond acceptors (Lipinski definition) is 4. The summed E-state index contributed by atoms with van der Waals surface area (Å²) in [5.74, 6) is -0.176. The number of amides is 2. The van der Waals surface area contributed by atoms with E-state index in [0.717, 1.165) is 12.0 Å². The Balaban J connectivity index is 1.60. The van der Waals surface area contributed by atoms with Crippen LogP contribution < -0.4 is 11.1 Å². The molecule has 2 amide bonds. The fourth-order valence-electron chi connectivity index (χ4n) is 3.01. The lowest BCUT2D eigenvalue weighted by molar-refractivity contribution is -0.131. The predicted molar refractivity (Wildman–Crippen MR) is 91.7 cm³/mol. The topological polar surface area (TPSA) is 117 Å². The smallest absolute Gasteiger partial charge is 0.243 e. The van der Waals surface area contributed by atoms with Crippen molar-refractivity contribution < 1.29 is 9.59 Å². The Morgan fingerprint density at radius 2 is 2.16 bits per heavy atom. The van der Waals surface area contributed by atoms with Gasteiger partial charge < -0.3 is 16.0 Å². The van der Waals surface area contributed by atoms with E-state index in [-0.39, 0.29) is 17.8 Å². The Kier molecular flexibility index (Phi) is 4.78. The third kappa shape index (κ3) is 3.68. The summed E-state index contributed by atoms with van der Waals surface area (Å²) in [5.41, 5.74) is 6.96. The zero-order chi connectivity index (χ0) is 17.8. The molecule has 1 aliphatic rings. The van der Waals surface area contributed by atoms with Crippen LogP contribution in [0.2, 0.25) is 0 Å². The van der Waals surface area contributed by atoms with Gasteiger partial charge in [0.25, 0.3) is 0 Å². The molecule has 1 aromatic carbocycles. The molecule has 0 aliphatic carbocycles. The first-order chi connectivity index (χ1) is 12.1. The first-order valence-electron chi connectivity index (χ1n) is 7.99. The molecule has 2 aromatic rings. The van der Waals surface area contributed by atoms with E-state index in [1.54, 1.807) is 23.0 Å². The number of nitrogens with zero attached hydrogens (tertiary/aromatic N) is 3. The minimum Gasteiger partial charge on any atom is -0.384 e. The van der Waals surface area contributed by atoms with Crippen LogP contribution in [0.15, 0.2) is 42.7 Å². The maximum absolute atomic E-state index is 12.5. The first-order valence-corrected chi connectivity index (χ1v) is 7.99. The standard InChI is InChI=1S/C17H20N6O2/c18-16(19)13-4-2-12(3-5-13)9-20-17(25)15-8-14(10-22(15)11-24)23-7-1-6-21-23/h1-7,11,14-15H,8-10H2,(H3,18,19)(H,20,25). The van der Waals surface area contributed by atoms with E-state index in [1.165, 1.54) is 4.90 Å². The molecule has 0 radical (unpaired) electrons. The van der Waals surface area contributed by atoms with Crippen molar-refractivity contribution in [2.75, 3.05) is 6.54 Å². The molecule has 25 heavy (non-hydrogen) atoms. The van der Waals surface area contributed by atoms with Crippen LogP contribution in [-0.4, -0.2) is 45.4 Å². The van der Waals surface area contributed by atoms with Crippen molar-refractivity contribution in [3.8, 4) is 0 Å². The van der Waals surface area contributed by atoms with Crippen LogP contribution in [0.1, 0.15) is 23.6 Å². The normalized spacial score (nSPS) is 19.6. The summed E-state index contributed by atoms with van der Waals surface area (Å²) in [6.07, 6.45) is 4.78. The van der Waals surface area contributed by atoms with Gasteiger partial charge in [0.2, 0.25) is 12.3 Å². The number of nitrogen functional groups attached to an aromatic ring is 1. The largest absolute Gasteiger partial charge is 0.384 e. The molecule has 1 aromatic heterocycles. The van der Waals surface area contributed by atoms with Crippen molar-refractivity contribution in [1.29, 1.82) is 5.41 Å². The summed E-state index contributed by atoms with van der Waals surface area (Å²) in [6, 6.07) is 8.44. The number of rotatable bonds is 6. The zero-order valence-corrected chi connectivity index (χ0v) is 13.6. The maximum atomic E-state index is 12.5. The van der Waals surface area contributed by atoms with E-state index in [9.17, 15) is 9.59 Å². The molecular weight excluding hydrogens is 320 g/mol. The Labute approximate surface area is 145 Å². The lowest BCUT2D eigenvalue weighted by Gasteiger charge is -2.18. The van der Waals surface area contributed by atoms with Crippen LogP contribution in [0.3, 0.4) is 0 Å². The summed E-state index contributed by atoms with van der Waals surface area (Å²) in [6.45, 7) is 0.823. The van der Waals surface area contributed by atoms with Crippen molar-refractivity contribution >= 4 is 18.2 Å². The molecule has 1 aliphatic heterocycles. The second kappa shape index (κ2) is 7.16. The number of nitrogens with one attached hydrogen (secondary N) is 2. The minimum absolute atomic E-state index is 0.00537. The Bertz CT molecular complexity index is 756. The number of benzene rings is 1. The Morgan fingerprint density at radius 1 is 1.40 bits per heavy atom. The highest BCUT2D eigenvalue weighted by Crippen LogP contribution is 2.25. The van der Waals surface area contributed by atoms with Gasteiger partial charge in [-0.3, -0.25) is 19.7 Å². The van der Waals surface area contributed by atoms with Crippen molar-refractivity contribution in [3.05, 3.63) is 53.9 Å². The van der Waals surface area contributed by atoms with E-state index in [2.05, 4.69) is 10.4 Å². The summed E-state index contributed by atoms with van der Waals surface area (Å²) in [7, 11) is 0. The third-order valence-corrected chi connectivity index (χ3v) is 4.39. The molecule has 2 unspecified atom stereocenters. The van der Waals surface area contributed by atoms with Crippen LogP contribution in [0.4, 0.5) is 0 Å². The maximum Gasteiger partial charge on any atom is 0.243 e. The molecule has 3 rings (SSSR count). The number of carbonyl (C=O) groups is 2. The summed E-state index contributed by atoms with van der Waals surface area (Å²) in [5, 5.41) is 14.4. The monoisotopic (exact) mass is 340 g/mol. The highest BCUT2D eigenvalue weighted by Gasteiger charge is 2.37. The average Bonchev–Trinajstić information content (AvgIpc) is 3.29. The van der Waals surface area contributed by atoms with E-state index < -0.39 is 6.04 Å². The van der Waals surface area contributed by atoms with Crippen molar-refractivity contribution in [1.82, 2.24) is 20.0 Å². The van der Waals surface area contributed by atoms with Crippen molar-refractivity contribution in [2.24, 2.45) is 5.73 Å². The molecule has 8 heteroatoms. The lowest BCUT2D eigenvalue weighted by Crippen LogP contribution is -2.42. The van der Waals surface area contributed by atoms with Gasteiger partial charge in [-0.15, -0.1) is 0 Å².